The van der Waals surface area contributed by atoms with Crippen molar-refractivity contribution >= 4 is 39.3 Å². The van der Waals surface area contributed by atoms with Crippen LogP contribution < -0.4 is 0 Å². The van der Waals surface area contributed by atoms with Crippen LogP contribution in [0.5, 0.6) is 0 Å². The van der Waals surface area contributed by atoms with Gasteiger partial charge in [0.2, 0.25) is 6.08 Å². The molecule has 0 N–H and O–H groups in total. The van der Waals surface area contributed by atoms with Crippen molar-refractivity contribution in [2.24, 2.45) is 4.99 Å². The Hall–Kier alpha value is -0.630. The third kappa shape index (κ3) is 2.15. The van der Waals surface area contributed by atoms with Gasteiger partial charge in [0.05, 0.1) is 10.7 Å². The van der Waals surface area contributed by atoms with Gasteiger partial charge in [-0.1, -0.05) is 11.6 Å². The first kappa shape index (κ1) is 8.47. The summed E-state index contributed by atoms with van der Waals surface area (Å²) < 4.78 is 0.718. The lowest BCUT2D eigenvalue weighted by molar-refractivity contribution is 0.565. The molecule has 0 saturated carbocycles. The average molecular weight is 232 g/mol. The molecule has 0 heterocycles. The summed E-state index contributed by atoms with van der Waals surface area (Å²) in [7, 11) is 0. The fourth-order valence-electron chi connectivity index (χ4n) is 0.607. The van der Waals surface area contributed by atoms with E-state index >= 15 is 0 Å². The molecule has 0 aliphatic rings. The molecule has 2 nitrogen and oxygen atoms in total. The molecule has 0 fully saturated rings. The monoisotopic (exact) mass is 231 g/mol. The first-order valence-corrected chi connectivity index (χ1v) is 3.94. The van der Waals surface area contributed by atoms with E-state index in [0.29, 0.717) is 10.7 Å². The summed E-state index contributed by atoms with van der Waals surface area (Å²) >= 11 is 8.89. The molecule has 0 amide bonds. The Morgan fingerprint density at radius 1 is 1.55 bits per heavy atom. The molecule has 0 radical (unpaired) electrons. The van der Waals surface area contributed by atoms with E-state index < -0.39 is 0 Å². The molecule has 0 bridgehead atoms. The lowest BCUT2D eigenvalue weighted by Crippen LogP contribution is -1.68. The number of hydrogen-bond donors (Lipinski definition) is 0. The first-order chi connectivity index (χ1) is 5.24. The summed E-state index contributed by atoms with van der Waals surface area (Å²) in [6.07, 6.45) is 1.44. The third-order valence-electron chi connectivity index (χ3n) is 1.08. The normalized spacial score (nSPS) is 8.91. The SMILES string of the molecule is O=C=Nc1ccc(Cl)c(Br)c1. The number of aliphatic imine (C=N–C) groups is 1. The maximum absolute atomic E-state index is 9.83. The molecule has 0 aromatic heterocycles. The third-order valence-corrected chi connectivity index (χ3v) is 2.29. The van der Waals surface area contributed by atoms with Gasteiger partial charge in [0, 0.05) is 4.47 Å². The Balaban J connectivity index is 3.14. The fraction of sp³-hybridized carbons (Fsp3) is 0. The van der Waals surface area contributed by atoms with Crippen LogP contribution in [0.1, 0.15) is 0 Å². The van der Waals surface area contributed by atoms with E-state index in [1.807, 2.05) is 0 Å². The van der Waals surface area contributed by atoms with Gasteiger partial charge < -0.3 is 0 Å². The number of carbonyl (C=O) groups excluding carboxylic acids is 1. The standard InChI is InChI=1S/C7H3BrClNO/c8-6-3-5(10-4-11)1-2-7(6)9/h1-3H. The highest BCUT2D eigenvalue weighted by Gasteiger charge is 1.96. The molecule has 0 saturated heterocycles. The minimum atomic E-state index is 0.538. The van der Waals surface area contributed by atoms with E-state index in [0.717, 1.165) is 4.47 Å². The van der Waals surface area contributed by atoms with Crippen LogP contribution in [0, 0.1) is 0 Å². The maximum atomic E-state index is 9.83. The zero-order valence-electron chi connectivity index (χ0n) is 5.34. The number of halogens is 2. The van der Waals surface area contributed by atoms with Crippen molar-refractivity contribution in [3.8, 4) is 0 Å². The molecule has 1 aromatic carbocycles. The van der Waals surface area contributed by atoms with Crippen LogP contribution in [-0.2, 0) is 4.79 Å². The lowest BCUT2D eigenvalue weighted by Gasteiger charge is -1.94. The van der Waals surface area contributed by atoms with Crippen LogP contribution in [0.2, 0.25) is 5.02 Å². The minimum Gasteiger partial charge on any atom is -0.211 e. The van der Waals surface area contributed by atoms with Gasteiger partial charge in [-0.05, 0) is 34.1 Å². The molecule has 0 unspecified atom stereocenters. The molecule has 0 atom stereocenters. The van der Waals surface area contributed by atoms with Gasteiger partial charge in [0.15, 0.2) is 0 Å². The molecule has 56 valence electrons. The van der Waals surface area contributed by atoms with Gasteiger partial charge in [-0.25, -0.2) is 4.79 Å². The Kier molecular flexibility index (Phi) is 2.83. The van der Waals surface area contributed by atoms with Crippen molar-refractivity contribution in [3.63, 3.8) is 0 Å². The van der Waals surface area contributed by atoms with Gasteiger partial charge in [0.25, 0.3) is 0 Å². The van der Waals surface area contributed by atoms with E-state index in [4.69, 9.17) is 11.6 Å². The smallest absolute Gasteiger partial charge is 0.211 e. The van der Waals surface area contributed by atoms with Crippen LogP contribution >= 0.6 is 27.5 Å². The van der Waals surface area contributed by atoms with Crippen LogP contribution in [0.3, 0.4) is 0 Å². The number of rotatable bonds is 1. The highest BCUT2D eigenvalue weighted by Crippen LogP contribution is 2.26. The maximum Gasteiger partial charge on any atom is 0.240 e. The summed E-state index contributed by atoms with van der Waals surface area (Å²) in [6.45, 7) is 0. The number of hydrogen-bond acceptors (Lipinski definition) is 2. The van der Waals surface area contributed by atoms with Crippen molar-refractivity contribution in [2.75, 3.05) is 0 Å². The summed E-state index contributed by atoms with van der Waals surface area (Å²) in [6, 6.07) is 4.94. The lowest BCUT2D eigenvalue weighted by atomic mass is 10.3. The topological polar surface area (TPSA) is 29.4 Å². The van der Waals surface area contributed by atoms with E-state index in [9.17, 15) is 4.79 Å². The highest BCUT2D eigenvalue weighted by molar-refractivity contribution is 9.10. The number of isocyanates is 1. The van der Waals surface area contributed by atoms with E-state index in [2.05, 4.69) is 20.9 Å². The Bertz CT molecular complexity index is 320. The molecule has 0 aliphatic heterocycles. The quantitative estimate of drug-likeness (QED) is 0.540. The Labute approximate surface area is 77.0 Å². The summed E-state index contributed by atoms with van der Waals surface area (Å²) in [4.78, 5) is 13.2. The molecular weight excluding hydrogens is 229 g/mol. The predicted octanol–water partition coefficient (Wildman–Crippen LogP) is 3.07. The van der Waals surface area contributed by atoms with Crippen LogP contribution in [0.15, 0.2) is 27.7 Å². The van der Waals surface area contributed by atoms with Crippen molar-refractivity contribution in [3.05, 3.63) is 27.7 Å². The van der Waals surface area contributed by atoms with Crippen molar-refractivity contribution in [2.45, 2.75) is 0 Å². The first-order valence-electron chi connectivity index (χ1n) is 2.77. The van der Waals surface area contributed by atoms with Gasteiger partial charge in [-0.2, -0.15) is 4.99 Å². The van der Waals surface area contributed by atoms with Crippen LogP contribution in [0.4, 0.5) is 5.69 Å². The minimum absolute atomic E-state index is 0.538. The second-order valence-electron chi connectivity index (χ2n) is 1.80. The largest absolute Gasteiger partial charge is 0.240 e. The van der Waals surface area contributed by atoms with Gasteiger partial charge in [-0.15, -0.1) is 0 Å². The fourth-order valence-corrected chi connectivity index (χ4v) is 1.09. The molecule has 1 aromatic rings. The van der Waals surface area contributed by atoms with E-state index in [-0.39, 0.29) is 0 Å². The van der Waals surface area contributed by atoms with Gasteiger partial charge in [0.1, 0.15) is 0 Å². The average Bonchev–Trinajstić information content (AvgIpc) is 1.98. The van der Waals surface area contributed by atoms with Gasteiger partial charge >= 0.3 is 0 Å². The number of nitrogens with zero attached hydrogens (tertiary/aromatic N) is 1. The second kappa shape index (κ2) is 3.67. The van der Waals surface area contributed by atoms with E-state index in [1.54, 1.807) is 18.2 Å². The molecule has 0 spiro atoms. The molecule has 4 heteroatoms. The predicted molar refractivity (Wildman–Crippen MR) is 46.9 cm³/mol. The van der Waals surface area contributed by atoms with Crippen molar-refractivity contribution < 1.29 is 4.79 Å². The van der Waals surface area contributed by atoms with E-state index in [1.165, 1.54) is 6.08 Å². The Morgan fingerprint density at radius 2 is 2.27 bits per heavy atom. The van der Waals surface area contributed by atoms with Crippen molar-refractivity contribution in [1.29, 1.82) is 0 Å². The van der Waals surface area contributed by atoms with Crippen LogP contribution in [0.25, 0.3) is 0 Å². The van der Waals surface area contributed by atoms with Crippen molar-refractivity contribution in [1.82, 2.24) is 0 Å². The van der Waals surface area contributed by atoms with Crippen LogP contribution in [-0.4, -0.2) is 6.08 Å². The van der Waals surface area contributed by atoms with Gasteiger partial charge in [-0.3, -0.25) is 0 Å². The molecule has 1 rings (SSSR count). The molecule has 0 aliphatic carbocycles. The highest BCUT2D eigenvalue weighted by atomic mass is 79.9. The Morgan fingerprint density at radius 3 is 2.82 bits per heavy atom. The molecule has 11 heavy (non-hydrogen) atoms. The zero-order valence-corrected chi connectivity index (χ0v) is 7.69. The summed E-state index contributed by atoms with van der Waals surface area (Å²) in [5.74, 6) is 0. The zero-order chi connectivity index (χ0) is 8.27. The summed E-state index contributed by atoms with van der Waals surface area (Å²) in [5.41, 5.74) is 0.538. The second-order valence-corrected chi connectivity index (χ2v) is 3.06. The molecular formula is C7H3BrClNO. The summed E-state index contributed by atoms with van der Waals surface area (Å²) in [5, 5.41) is 0.592. The number of benzene rings is 1.